The number of hydrogen-bond donors (Lipinski definition) is 0. The molecule has 21 heavy (non-hydrogen) atoms. The Balaban J connectivity index is 1.88. The van der Waals surface area contributed by atoms with Gasteiger partial charge in [-0.15, -0.1) is 0 Å². The van der Waals surface area contributed by atoms with E-state index in [4.69, 9.17) is 14.7 Å². The quantitative estimate of drug-likeness (QED) is 0.553. The fraction of sp³-hybridized carbons (Fsp3) is 0.625. The Labute approximate surface area is 125 Å². The van der Waals surface area contributed by atoms with E-state index in [1.807, 2.05) is 19.1 Å². The third-order valence-electron chi connectivity index (χ3n) is 3.84. The molecule has 0 aromatic rings. The van der Waals surface area contributed by atoms with Gasteiger partial charge in [0.2, 0.25) is 0 Å². The molecule has 2 rings (SSSR count). The molecule has 1 aliphatic carbocycles. The van der Waals surface area contributed by atoms with Crippen molar-refractivity contribution in [1.29, 1.82) is 5.26 Å². The lowest BCUT2D eigenvalue weighted by Crippen LogP contribution is -2.38. The third kappa shape index (κ3) is 4.33. The zero-order valence-electron chi connectivity index (χ0n) is 12.5. The van der Waals surface area contributed by atoms with Crippen LogP contribution in [0.25, 0.3) is 0 Å². The van der Waals surface area contributed by atoms with Crippen molar-refractivity contribution in [3.8, 4) is 6.07 Å². The van der Waals surface area contributed by atoms with Crippen molar-refractivity contribution in [2.75, 3.05) is 32.9 Å². The lowest BCUT2D eigenvalue weighted by Gasteiger charge is -2.38. The van der Waals surface area contributed by atoms with E-state index in [2.05, 4.69) is 11.0 Å². The molecule has 1 aliphatic heterocycles. The highest BCUT2D eigenvalue weighted by atomic mass is 16.6. The van der Waals surface area contributed by atoms with Crippen LogP contribution in [-0.2, 0) is 14.3 Å². The molecule has 0 aromatic heterocycles. The van der Waals surface area contributed by atoms with Crippen LogP contribution in [0.4, 0.5) is 0 Å². The molecule has 2 aliphatic rings. The van der Waals surface area contributed by atoms with E-state index in [1.165, 1.54) is 5.70 Å². The van der Waals surface area contributed by atoms with E-state index in [1.54, 1.807) is 0 Å². The number of ether oxygens (including phenoxy) is 2. The predicted molar refractivity (Wildman–Crippen MR) is 78.1 cm³/mol. The Morgan fingerprint density at radius 1 is 1.48 bits per heavy atom. The largest absolute Gasteiger partial charge is 0.462 e. The maximum atomic E-state index is 11.9. The summed E-state index contributed by atoms with van der Waals surface area (Å²) in [5, 5.41) is 8.99. The molecule has 1 heterocycles. The van der Waals surface area contributed by atoms with E-state index >= 15 is 0 Å². The molecular weight excluding hydrogens is 268 g/mol. The van der Waals surface area contributed by atoms with Crippen molar-refractivity contribution in [2.24, 2.45) is 5.92 Å². The molecule has 0 aromatic carbocycles. The first kappa shape index (κ1) is 15.6. The van der Waals surface area contributed by atoms with Gasteiger partial charge in [-0.2, -0.15) is 5.26 Å². The standard InChI is InChI=1S/C16H22N2O3/c1-2-20-8-9-21-16(19)12-18-7-3-4-14-10-13(11-17)5-6-15(14)18/h5-6,14H,2-4,7-10,12H2,1H3. The molecule has 1 atom stereocenters. The first-order valence-electron chi connectivity index (χ1n) is 7.53. The highest BCUT2D eigenvalue weighted by molar-refractivity contribution is 5.72. The summed E-state index contributed by atoms with van der Waals surface area (Å²) in [6, 6.07) is 2.22. The molecule has 0 saturated carbocycles. The topological polar surface area (TPSA) is 62.6 Å². The van der Waals surface area contributed by atoms with Crippen LogP contribution < -0.4 is 0 Å². The summed E-state index contributed by atoms with van der Waals surface area (Å²) in [5.74, 6) is 0.154. The van der Waals surface area contributed by atoms with Crippen LogP contribution in [0.3, 0.4) is 0 Å². The summed E-state index contributed by atoms with van der Waals surface area (Å²) in [5.41, 5.74) is 1.99. The van der Waals surface area contributed by atoms with Crippen molar-refractivity contribution in [3.05, 3.63) is 23.4 Å². The van der Waals surface area contributed by atoms with Crippen molar-refractivity contribution >= 4 is 5.97 Å². The molecule has 0 bridgehead atoms. The van der Waals surface area contributed by atoms with Crippen LogP contribution in [0.5, 0.6) is 0 Å². The molecule has 0 amide bonds. The summed E-state index contributed by atoms with van der Waals surface area (Å²) in [7, 11) is 0. The number of fused-ring (bicyclic) bond motifs is 1. The monoisotopic (exact) mass is 290 g/mol. The number of hydrogen-bond acceptors (Lipinski definition) is 5. The van der Waals surface area contributed by atoms with E-state index in [9.17, 15) is 4.79 Å². The number of piperidine rings is 1. The zero-order valence-corrected chi connectivity index (χ0v) is 12.5. The van der Waals surface area contributed by atoms with Gasteiger partial charge in [-0.25, -0.2) is 0 Å². The molecule has 1 fully saturated rings. The number of carbonyl (C=O) groups excluding carboxylic acids is 1. The van der Waals surface area contributed by atoms with Gasteiger partial charge < -0.3 is 14.4 Å². The zero-order chi connectivity index (χ0) is 15.1. The number of nitrogens with zero attached hydrogens (tertiary/aromatic N) is 2. The highest BCUT2D eigenvalue weighted by Gasteiger charge is 2.28. The fourth-order valence-corrected chi connectivity index (χ4v) is 2.84. The number of carbonyl (C=O) groups is 1. The Kier molecular flexibility index (Phi) is 5.82. The van der Waals surface area contributed by atoms with Gasteiger partial charge in [0.15, 0.2) is 0 Å². The summed E-state index contributed by atoms with van der Waals surface area (Å²) in [4.78, 5) is 13.9. The number of nitriles is 1. The van der Waals surface area contributed by atoms with Gasteiger partial charge in [0.05, 0.1) is 12.7 Å². The first-order valence-corrected chi connectivity index (χ1v) is 7.53. The summed E-state index contributed by atoms with van der Waals surface area (Å²) < 4.78 is 10.3. The summed E-state index contributed by atoms with van der Waals surface area (Å²) >= 11 is 0. The lowest BCUT2D eigenvalue weighted by molar-refractivity contribution is -0.146. The van der Waals surface area contributed by atoms with Crippen molar-refractivity contribution in [1.82, 2.24) is 4.90 Å². The SMILES string of the molecule is CCOCCOC(=O)CN1CCCC2CC(C#N)=CC=C21. The second-order valence-electron chi connectivity index (χ2n) is 5.28. The van der Waals surface area contributed by atoms with Crippen LogP contribution in [-0.4, -0.2) is 43.8 Å². The number of esters is 1. The Morgan fingerprint density at radius 3 is 3.10 bits per heavy atom. The van der Waals surface area contributed by atoms with Gasteiger partial charge in [-0.1, -0.05) is 0 Å². The molecular formula is C16H22N2O3. The summed E-state index contributed by atoms with van der Waals surface area (Å²) in [6.45, 7) is 4.45. The minimum absolute atomic E-state index is 0.216. The van der Waals surface area contributed by atoms with E-state index in [-0.39, 0.29) is 12.5 Å². The van der Waals surface area contributed by atoms with Crippen LogP contribution in [0.15, 0.2) is 23.4 Å². The van der Waals surface area contributed by atoms with Crippen molar-refractivity contribution in [2.45, 2.75) is 26.2 Å². The molecule has 0 radical (unpaired) electrons. The fourth-order valence-electron chi connectivity index (χ4n) is 2.84. The number of allylic oxidation sites excluding steroid dienone is 4. The second kappa shape index (κ2) is 7.84. The Morgan fingerprint density at radius 2 is 2.33 bits per heavy atom. The molecule has 1 unspecified atom stereocenters. The average molecular weight is 290 g/mol. The summed E-state index contributed by atoms with van der Waals surface area (Å²) in [6.07, 6.45) is 6.77. The molecule has 5 nitrogen and oxygen atoms in total. The molecule has 5 heteroatoms. The van der Waals surface area contributed by atoms with Gasteiger partial charge in [-0.05, 0) is 38.3 Å². The van der Waals surface area contributed by atoms with E-state index < -0.39 is 0 Å². The highest BCUT2D eigenvalue weighted by Crippen LogP contribution is 2.34. The maximum absolute atomic E-state index is 11.9. The predicted octanol–water partition coefficient (Wildman–Crippen LogP) is 2.02. The second-order valence-corrected chi connectivity index (χ2v) is 5.28. The minimum Gasteiger partial charge on any atom is -0.462 e. The number of likely N-dealkylation sites (tertiary alicyclic amines) is 1. The van der Waals surface area contributed by atoms with Crippen molar-refractivity contribution < 1.29 is 14.3 Å². The molecule has 0 spiro atoms. The van der Waals surface area contributed by atoms with Gasteiger partial charge in [-0.3, -0.25) is 4.79 Å². The average Bonchev–Trinajstić information content (AvgIpc) is 2.51. The Bertz CT molecular complexity index is 476. The first-order chi connectivity index (χ1) is 10.2. The smallest absolute Gasteiger partial charge is 0.325 e. The third-order valence-corrected chi connectivity index (χ3v) is 3.84. The van der Waals surface area contributed by atoms with Crippen LogP contribution >= 0.6 is 0 Å². The van der Waals surface area contributed by atoms with Crippen molar-refractivity contribution in [3.63, 3.8) is 0 Å². The van der Waals surface area contributed by atoms with Gasteiger partial charge in [0.1, 0.15) is 13.2 Å². The number of rotatable bonds is 6. The van der Waals surface area contributed by atoms with E-state index in [0.717, 1.165) is 31.4 Å². The maximum Gasteiger partial charge on any atom is 0.325 e. The molecule has 1 saturated heterocycles. The molecule has 114 valence electrons. The molecule has 0 N–H and O–H groups in total. The Hall–Kier alpha value is -1.80. The van der Waals surface area contributed by atoms with Crippen LogP contribution in [0.2, 0.25) is 0 Å². The van der Waals surface area contributed by atoms with Crippen LogP contribution in [0, 0.1) is 17.2 Å². The minimum atomic E-state index is -0.216. The van der Waals surface area contributed by atoms with E-state index in [0.29, 0.717) is 25.7 Å². The van der Waals surface area contributed by atoms with Gasteiger partial charge in [0, 0.05) is 30.3 Å². The lowest BCUT2D eigenvalue weighted by atomic mass is 9.84. The van der Waals surface area contributed by atoms with Gasteiger partial charge >= 0.3 is 5.97 Å². The normalized spacial score (nSPS) is 21.0. The van der Waals surface area contributed by atoms with Gasteiger partial charge in [0.25, 0.3) is 0 Å². The van der Waals surface area contributed by atoms with Crippen LogP contribution in [0.1, 0.15) is 26.2 Å².